The van der Waals surface area contributed by atoms with Gasteiger partial charge < -0.3 is 9.16 Å². The number of benzene rings is 3. The molecule has 4 rings (SSSR count). The lowest BCUT2D eigenvalue weighted by Gasteiger charge is -2.37. The van der Waals surface area contributed by atoms with Crippen LogP contribution in [0.5, 0.6) is 5.75 Å². The number of hydrogen-bond acceptors (Lipinski definition) is 7. The molecule has 0 saturated carbocycles. The number of carbonyl (C=O) groups is 3. The molecule has 2 amide bonds. The van der Waals surface area contributed by atoms with Gasteiger partial charge in [-0.1, -0.05) is 32.9 Å². The van der Waals surface area contributed by atoms with Crippen molar-refractivity contribution in [3.05, 3.63) is 98.6 Å². The quantitative estimate of drug-likeness (QED) is 0.110. The summed E-state index contributed by atoms with van der Waals surface area (Å²) in [6, 6.07) is 15.4. The Bertz CT molecular complexity index is 1460. The summed E-state index contributed by atoms with van der Waals surface area (Å²) in [6.07, 6.45) is 0. The number of fused-ring (bicyclic) bond motifs is 1. The molecule has 0 aliphatic carbocycles. The van der Waals surface area contributed by atoms with Crippen molar-refractivity contribution >= 4 is 37.5 Å². The van der Waals surface area contributed by atoms with Crippen LogP contribution in [-0.2, 0) is 11.3 Å². The van der Waals surface area contributed by atoms with Gasteiger partial charge in [-0.15, -0.1) is 0 Å². The first-order valence-corrected chi connectivity index (χ1v) is 15.3. The summed E-state index contributed by atoms with van der Waals surface area (Å²) >= 11 is 0. The predicted octanol–water partition coefficient (Wildman–Crippen LogP) is 6.44. The topological polar surface area (TPSA) is 116 Å². The Morgan fingerprint density at radius 2 is 1.54 bits per heavy atom. The number of anilines is 1. The highest BCUT2D eigenvalue weighted by molar-refractivity contribution is 6.74. The molecule has 0 aromatic heterocycles. The van der Waals surface area contributed by atoms with Gasteiger partial charge in [0.15, 0.2) is 0 Å². The van der Waals surface area contributed by atoms with Crippen molar-refractivity contribution in [2.45, 2.75) is 52.4 Å². The molecule has 1 heterocycles. The van der Waals surface area contributed by atoms with E-state index in [1.54, 1.807) is 37.3 Å². The summed E-state index contributed by atoms with van der Waals surface area (Å²) in [7, 11) is -2.38. The van der Waals surface area contributed by atoms with Crippen molar-refractivity contribution in [3.63, 3.8) is 0 Å². The monoisotopic (exact) mass is 546 g/mol. The van der Waals surface area contributed by atoms with E-state index in [4.69, 9.17) is 9.16 Å². The molecule has 1 aliphatic rings. The van der Waals surface area contributed by atoms with Crippen LogP contribution in [-0.4, -0.2) is 31.0 Å². The Labute approximate surface area is 227 Å². The largest absolute Gasteiger partial charge is 0.543 e. The number of nitrogens with zero attached hydrogens (tertiary/aromatic N) is 2. The number of nitro groups is 1. The van der Waals surface area contributed by atoms with Gasteiger partial charge in [0.05, 0.1) is 27.3 Å². The van der Waals surface area contributed by atoms with Crippen LogP contribution >= 0.6 is 0 Å². The first kappa shape index (κ1) is 27.7. The van der Waals surface area contributed by atoms with E-state index >= 15 is 0 Å². The molecule has 10 heteroatoms. The number of rotatable bonds is 7. The molecule has 202 valence electrons. The van der Waals surface area contributed by atoms with Gasteiger partial charge in [-0.2, -0.15) is 0 Å². The third-order valence-electron chi connectivity index (χ3n) is 7.31. The lowest BCUT2D eigenvalue weighted by atomic mass is 10.1. The van der Waals surface area contributed by atoms with Crippen molar-refractivity contribution in [2.24, 2.45) is 0 Å². The maximum absolute atomic E-state index is 13.3. The summed E-state index contributed by atoms with van der Waals surface area (Å²) in [4.78, 5) is 51.2. The molecular formula is C29H30N2O7Si. The molecule has 3 aromatic carbocycles. The second-order valence-electron chi connectivity index (χ2n) is 11.0. The van der Waals surface area contributed by atoms with Gasteiger partial charge in [0, 0.05) is 23.8 Å². The number of esters is 1. The molecule has 39 heavy (non-hydrogen) atoms. The van der Waals surface area contributed by atoms with E-state index in [1.807, 2.05) is 0 Å². The summed E-state index contributed by atoms with van der Waals surface area (Å²) in [6.45, 7) is 12.0. The number of carbonyl (C=O) groups excluding carboxylic acids is 3. The fraction of sp³-hybridized carbons (Fsp3) is 0.276. The molecular weight excluding hydrogens is 516 g/mol. The zero-order chi connectivity index (χ0) is 28.7. The van der Waals surface area contributed by atoms with E-state index in [2.05, 4.69) is 33.9 Å². The van der Waals surface area contributed by atoms with Gasteiger partial charge in [-0.05, 0) is 61.0 Å². The first-order valence-electron chi connectivity index (χ1n) is 12.4. The Morgan fingerprint density at radius 3 is 2.05 bits per heavy atom. The van der Waals surface area contributed by atoms with Crippen LogP contribution in [0.15, 0.2) is 60.7 Å². The van der Waals surface area contributed by atoms with Crippen LogP contribution in [0.25, 0.3) is 0 Å². The van der Waals surface area contributed by atoms with E-state index in [1.165, 1.54) is 30.3 Å². The maximum atomic E-state index is 13.3. The zero-order valence-corrected chi connectivity index (χ0v) is 23.7. The Kier molecular flexibility index (Phi) is 7.18. The van der Waals surface area contributed by atoms with Crippen LogP contribution < -0.4 is 9.33 Å². The van der Waals surface area contributed by atoms with Gasteiger partial charge in [-0.3, -0.25) is 19.7 Å². The molecule has 1 aliphatic heterocycles. The highest BCUT2D eigenvalue weighted by Crippen LogP contribution is 2.41. The number of hydrogen-bond donors (Lipinski definition) is 0. The summed E-state index contributed by atoms with van der Waals surface area (Å²) in [5, 5.41) is 10.8. The van der Waals surface area contributed by atoms with E-state index in [0.717, 1.165) is 4.90 Å². The standard InChI is InChI=1S/C29H30N2O7Si/c1-18-24(28(34)37-17-19-11-13-20(14-12-19)31(35)36)15-21(16-25(18)38-39(5,6)29(2,3)4)30-26(32)22-9-7-8-10-23(22)27(30)33/h7-16H,17H2,1-6H3. The number of non-ortho nitro benzene ring substituents is 1. The maximum Gasteiger partial charge on any atom is 0.338 e. The number of imide groups is 1. The van der Waals surface area contributed by atoms with Crippen LogP contribution in [0.4, 0.5) is 11.4 Å². The van der Waals surface area contributed by atoms with Crippen LogP contribution in [0, 0.1) is 17.0 Å². The van der Waals surface area contributed by atoms with Crippen molar-refractivity contribution in [2.75, 3.05) is 4.90 Å². The second-order valence-corrected chi connectivity index (χ2v) is 15.7. The van der Waals surface area contributed by atoms with Gasteiger partial charge in [0.1, 0.15) is 12.4 Å². The fourth-order valence-corrected chi connectivity index (χ4v) is 4.98. The van der Waals surface area contributed by atoms with Crippen molar-refractivity contribution in [1.29, 1.82) is 0 Å². The van der Waals surface area contributed by atoms with Gasteiger partial charge >= 0.3 is 5.97 Å². The van der Waals surface area contributed by atoms with Crippen LogP contribution in [0.2, 0.25) is 18.1 Å². The minimum atomic E-state index is -2.38. The van der Waals surface area contributed by atoms with Crippen molar-refractivity contribution in [3.8, 4) is 5.75 Å². The van der Waals surface area contributed by atoms with Crippen molar-refractivity contribution in [1.82, 2.24) is 0 Å². The molecule has 0 atom stereocenters. The average Bonchev–Trinajstić information content (AvgIpc) is 3.13. The third-order valence-corrected chi connectivity index (χ3v) is 11.6. The van der Waals surface area contributed by atoms with Gasteiger partial charge in [-0.25, -0.2) is 9.69 Å². The van der Waals surface area contributed by atoms with E-state index in [-0.39, 0.29) is 39.7 Å². The molecule has 0 N–H and O–H groups in total. The molecule has 0 radical (unpaired) electrons. The van der Waals surface area contributed by atoms with Crippen LogP contribution in [0.1, 0.15) is 63.0 Å². The molecule has 0 spiro atoms. The predicted molar refractivity (Wildman–Crippen MR) is 149 cm³/mol. The Balaban J connectivity index is 1.72. The zero-order valence-electron chi connectivity index (χ0n) is 22.7. The normalized spacial score (nSPS) is 13.3. The Hall–Kier alpha value is -4.31. The number of ether oxygens (including phenoxy) is 1. The number of nitro benzene ring substituents is 1. The Morgan fingerprint density at radius 1 is 0.974 bits per heavy atom. The number of amides is 2. The van der Waals surface area contributed by atoms with E-state index < -0.39 is 31.0 Å². The molecule has 9 nitrogen and oxygen atoms in total. The van der Waals surface area contributed by atoms with Crippen molar-refractivity contribution < 1.29 is 28.5 Å². The smallest absolute Gasteiger partial charge is 0.338 e. The molecule has 0 unspecified atom stereocenters. The average molecular weight is 547 g/mol. The lowest BCUT2D eigenvalue weighted by Crippen LogP contribution is -2.44. The second kappa shape index (κ2) is 10.1. The first-order chi connectivity index (χ1) is 18.2. The van der Waals surface area contributed by atoms with E-state index in [0.29, 0.717) is 16.9 Å². The molecule has 0 fully saturated rings. The minimum absolute atomic E-state index is 0.0676. The van der Waals surface area contributed by atoms with E-state index in [9.17, 15) is 24.5 Å². The summed E-state index contributed by atoms with van der Waals surface area (Å²) in [5.74, 6) is -1.24. The SMILES string of the molecule is Cc1c(O[Si](C)(C)C(C)(C)C)cc(N2C(=O)c3ccccc3C2=O)cc1C(=O)OCc1ccc([N+](=O)[O-])cc1. The minimum Gasteiger partial charge on any atom is -0.543 e. The fourth-order valence-electron chi connectivity index (χ4n) is 3.91. The molecule has 0 saturated heterocycles. The van der Waals surface area contributed by atoms with Crippen LogP contribution in [0.3, 0.4) is 0 Å². The summed E-state index contributed by atoms with van der Waals surface area (Å²) < 4.78 is 12.1. The molecule has 3 aromatic rings. The highest BCUT2D eigenvalue weighted by Gasteiger charge is 2.41. The highest BCUT2D eigenvalue weighted by atomic mass is 28.4. The summed E-state index contributed by atoms with van der Waals surface area (Å²) in [5.41, 5.74) is 1.97. The lowest BCUT2D eigenvalue weighted by molar-refractivity contribution is -0.384. The van der Waals surface area contributed by atoms with Gasteiger partial charge in [0.25, 0.3) is 17.5 Å². The molecule has 0 bridgehead atoms. The third kappa shape index (κ3) is 5.33. The van der Waals surface area contributed by atoms with Gasteiger partial charge in [0.2, 0.25) is 8.32 Å².